The highest BCUT2D eigenvalue weighted by Crippen LogP contribution is 2.38. The van der Waals surface area contributed by atoms with E-state index in [1.807, 2.05) is 22.7 Å². The number of aromatic nitrogens is 2. The maximum absolute atomic E-state index is 11.0. The normalized spacial score (nSPS) is 13.7. The third kappa shape index (κ3) is 20.5. The fourth-order valence-electron chi connectivity index (χ4n) is 11.1. The summed E-state index contributed by atoms with van der Waals surface area (Å²) in [5.41, 5.74) is 5.10. The molecule has 0 spiro atoms. The van der Waals surface area contributed by atoms with Crippen LogP contribution in [0.4, 0.5) is 0 Å². The highest BCUT2D eigenvalue weighted by atomic mass is 32.1. The van der Waals surface area contributed by atoms with Crippen LogP contribution in [0.3, 0.4) is 0 Å². The Morgan fingerprint density at radius 3 is 1.11 bits per heavy atom. The molecular formula is C62H108N6O4S2+4. The molecule has 5 rings (SSSR count). The average molecular weight is 1070 g/mol. The molecule has 2 heterocycles. The molecule has 10 nitrogen and oxygen atoms in total. The van der Waals surface area contributed by atoms with Gasteiger partial charge in [-0.25, -0.2) is 0 Å². The van der Waals surface area contributed by atoms with Crippen LogP contribution < -0.4 is 9.47 Å². The van der Waals surface area contributed by atoms with E-state index < -0.39 is 0 Å². The third-order valence-electron chi connectivity index (χ3n) is 16.1. The predicted octanol–water partition coefficient (Wildman–Crippen LogP) is 14.0. The summed E-state index contributed by atoms with van der Waals surface area (Å²) >= 11 is 3.75. The van der Waals surface area contributed by atoms with Crippen LogP contribution in [0, 0.1) is 0 Å². The van der Waals surface area contributed by atoms with E-state index in [1.165, 1.54) is 118 Å². The monoisotopic (exact) mass is 1060 g/mol. The van der Waals surface area contributed by atoms with Crippen molar-refractivity contribution >= 4 is 63.5 Å². The Bertz CT molecular complexity index is 2290. The van der Waals surface area contributed by atoms with Gasteiger partial charge in [0.25, 0.3) is 0 Å². The number of quaternary nitrogens is 4. The number of fused-ring (bicyclic) bond motifs is 4. The van der Waals surface area contributed by atoms with E-state index in [9.17, 15) is 10.2 Å². The van der Waals surface area contributed by atoms with Crippen molar-refractivity contribution in [3.8, 4) is 11.5 Å². The number of rotatable bonds is 38. The Morgan fingerprint density at radius 2 is 0.743 bits per heavy atom. The lowest BCUT2D eigenvalue weighted by atomic mass is 10.1. The van der Waals surface area contributed by atoms with Gasteiger partial charge in [0.1, 0.15) is 63.0 Å². The Labute approximate surface area is 458 Å². The minimum atomic E-state index is -0.221. The van der Waals surface area contributed by atoms with Crippen LogP contribution in [0.1, 0.15) is 142 Å². The zero-order valence-corrected chi connectivity index (χ0v) is 50.8. The van der Waals surface area contributed by atoms with Crippen LogP contribution in [0.25, 0.3) is 40.9 Å². The van der Waals surface area contributed by atoms with Crippen molar-refractivity contribution < 1.29 is 37.6 Å². The second-order valence-electron chi connectivity index (χ2n) is 25.0. The van der Waals surface area contributed by atoms with Gasteiger partial charge in [-0.15, -0.1) is 22.7 Å². The van der Waals surface area contributed by atoms with E-state index in [4.69, 9.17) is 9.47 Å². The number of methoxy groups -OCH3 is 2. The lowest BCUT2D eigenvalue weighted by Gasteiger charge is -2.36. The highest BCUT2D eigenvalue weighted by Gasteiger charge is 2.27. The molecule has 0 bridgehead atoms. The van der Waals surface area contributed by atoms with E-state index in [0.717, 1.165) is 146 Å². The van der Waals surface area contributed by atoms with Gasteiger partial charge in [0.2, 0.25) is 0 Å². The quantitative estimate of drug-likeness (QED) is 0.0235. The van der Waals surface area contributed by atoms with Crippen LogP contribution in [0.15, 0.2) is 48.5 Å². The first-order valence-electron chi connectivity index (χ1n) is 29.4. The SMILES string of the molecule is CCCCCCCCCC(O)C[N+](C)(C)CC[N+](C)(C)CCCCn1c2ccc(OC)cc2sc2cc3c(cc21)sc1cc(OC)ccc1n3CCCC[N+](C)(C)CC[N+](C)(C)CC(O)CCCCCCCCC. The molecular weight excluding hydrogens is 957 g/mol. The summed E-state index contributed by atoms with van der Waals surface area (Å²) in [5, 5.41) is 21.9. The van der Waals surface area contributed by atoms with Gasteiger partial charge in [-0.05, 0) is 87.1 Å². The van der Waals surface area contributed by atoms with Crippen molar-refractivity contribution in [3.63, 3.8) is 0 Å². The Kier molecular flexibility index (Phi) is 25.3. The Balaban J connectivity index is 1.25. The lowest BCUT2D eigenvalue weighted by Crippen LogP contribution is -2.53. The molecule has 74 heavy (non-hydrogen) atoms. The molecule has 0 saturated heterocycles. The number of unbranched alkanes of at least 4 members (excludes halogenated alkanes) is 14. The third-order valence-corrected chi connectivity index (χ3v) is 18.3. The van der Waals surface area contributed by atoms with Crippen molar-refractivity contribution in [3.05, 3.63) is 48.5 Å². The van der Waals surface area contributed by atoms with Crippen LogP contribution in [0.2, 0.25) is 0 Å². The molecule has 5 aromatic rings. The Hall–Kier alpha value is -2.94. The zero-order chi connectivity index (χ0) is 53.8. The van der Waals surface area contributed by atoms with Crippen molar-refractivity contribution in [1.82, 2.24) is 9.13 Å². The number of ether oxygens (including phenoxy) is 2. The maximum atomic E-state index is 11.0. The maximum Gasteiger partial charge on any atom is 0.128 e. The van der Waals surface area contributed by atoms with Gasteiger partial charge >= 0.3 is 0 Å². The van der Waals surface area contributed by atoms with Gasteiger partial charge in [0.05, 0.1) is 125 Å². The molecule has 2 aromatic heterocycles. The summed E-state index contributed by atoms with van der Waals surface area (Å²) in [4.78, 5) is 0. The number of likely N-dealkylation sites (N-methyl/N-ethyl adjacent to an activating group) is 4. The van der Waals surface area contributed by atoms with Crippen molar-refractivity contribution in [1.29, 1.82) is 0 Å². The number of hydrogen-bond donors (Lipinski definition) is 2. The van der Waals surface area contributed by atoms with Gasteiger partial charge in [-0.2, -0.15) is 0 Å². The van der Waals surface area contributed by atoms with E-state index in [-0.39, 0.29) is 12.2 Å². The first kappa shape index (κ1) is 61.9. The van der Waals surface area contributed by atoms with Crippen LogP contribution in [-0.4, -0.2) is 172 Å². The van der Waals surface area contributed by atoms with Gasteiger partial charge in [-0.1, -0.05) is 104 Å². The second kappa shape index (κ2) is 30.3. The molecule has 2 N–H and O–H groups in total. The molecule has 0 aliphatic heterocycles. The molecule has 0 amide bonds. The average Bonchev–Trinajstić information content (AvgIpc) is 3.35. The van der Waals surface area contributed by atoms with Crippen LogP contribution in [-0.2, 0) is 13.1 Å². The van der Waals surface area contributed by atoms with E-state index >= 15 is 0 Å². The van der Waals surface area contributed by atoms with Crippen molar-refractivity contribution in [2.45, 2.75) is 168 Å². The molecule has 0 fully saturated rings. The predicted molar refractivity (Wildman–Crippen MR) is 322 cm³/mol. The summed E-state index contributed by atoms with van der Waals surface area (Å²) in [6.07, 6.45) is 23.9. The summed E-state index contributed by atoms with van der Waals surface area (Å²) < 4.78 is 25.5. The minimum Gasteiger partial charge on any atom is -0.497 e. The fraction of sp³-hybridized carbons (Fsp3) is 0.710. The van der Waals surface area contributed by atoms with Crippen LogP contribution >= 0.6 is 22.7 Å². The molecule has 0 radical (unpaired) electrons. The number of aliphatic hydroxyl groups is 2. The molecule has 12 heteroatoms. The molecule has 0 aliphatic rings. The molecule has 418 valence electrons. The summed E-state index contributed by atoms with van der Waals surface area (Å²) in [7, 11) is 22.3. The molecule has 2 atom stereocenters. The van der Waals surface area contributed by atoms with E-state index in [2.05, 4.69) is 128 Å². The topological polar surface area (TPSA) is 68.8 Å². The van der Waals surface area contributed by atoms with Gasteiger partial charge in [-0.3, -0.25) is 0 Å². The molecule has 0 saturated carbocycles. The van der Waals surface area contributed by atoms with Gasteiger partial charge < -0.3 is 46.8 Å². The number of benzene rings is 3. The first-order chi connectivity index (χ1) is 35.3. The van der Waals surface area contributed by atoms with Crippen molar-refractivity contribution in [2.24, 2.45) is 0 Å². The summed E-state index contributed by atoms with van der Waals surface area (Å²) in [6, 6.07) is 18.1. The minimum absolute atomic E-state index is 0.221. The van der Waals surface area contributed by atoms with Crippen LogP contribution in [0.5, 0.6) is 11.5 Å². The standard InChI is InChI=1S/C62H108N6O4S2/c1-13-15-17-19-21-23-25-31-51(69)49-67(7,8)43-41-65(3,4)39-29-27-37-63-55-35-33-53(71-11)45-59(55)73-61-48-58-62(47-57(61)63)74-60-46-54(72-12)34-36-56(60)64(58)38-28-30-40-66(5,6)42-44-68(9,10)50-52(70)32-26-24-22-20-18-16-14-2/h33-36,45-48,51-52,69-70H,13-32,37-44,49-50H2,1-12H3/q+4. The Morgan fingerprint density at radius 1 is 0.405 bits per heavy atom. The number of aliphatic hydroxyl groups excluding tert-OH is 2. The number of nitrogens with zero attached hydrogens (tertiary/aromatic N) is 6. The number of aryl methyl sites for hydroxylation is 2. The van der Waals surface area contributed by atoms with E-state index in [0.29, 0.717) is 0 Å². The van der Waals surface area contributed by atoms with E-state index in [1.54, 1.807) is 14.2 Å². The zero-order valence-electron chi connectivity index (χ0n) is 49.2. The summed E-state index contributed by atoms with van der Waals surface area (Å²) in [5.74, 6) is 1.78. The molecule has 3 aromatic carbocycles. The highest BCUT2D eigenvalue weighted by molar-refractivity contribution is 7.25. The second-order valence-corrected chi connectivity index (χ2v) is 27.1. The first-order valence-corrected chi connectivity index (χ1v) is 31.0. The molecule has 2 unspecified atom stereocenters. The number of hydrogen-bond acceptors (Lipinski definition) is 6. The summed E-state index contributed by atoms with van der Waals surface area (Å²) in [6.45, 7) is 14.6. The largest absolute Gasteiger partial charge is 0.497 e. The smallest absolute Gasteiger partial charge is 0.128 e. The van der Waals surface area contributed by atoms with Gasteiger partial charge in [0.15, 0.2) is 0 Å². The van der Waals surface area contributed by atoms with Gasteiger partial charge in [0, 0.05) is 13.1 Å². The molecule has 0 aliphatic carbocycles. The van der Waals surface area contributed by atoms with Crippen molar-refractivity contribution in [2.75, 3.05) is 123 Å². The lowest BCUT2D eigenvalue weighted by molar-refractivity contribution is -0.947. The fourth-order valence-corrected chi connectivity index (χ4v) is 13.3.